The predicted octanol–water partition coefficient (Wildman–Crippen LogP) is 3.54. The van der Waals surface area contributed by atoms with E-state index in [0.29, 0.717) is 28.8 Å². The zero-order valence-electron chi connectivity index (χ0n) is 22.0. The van der Waals surface area contributed by atoms with E-state index in [9.17, 15) is 10.1 Å². The molecule has 1 aliphatic carbocycles. The highest BCUT2D eigenvalue weighted by Gasteiger charge is 2.56. The lowest BCUT2D eigenvalue weighted by Gasteiger charge is -2.23. The molecular weight excluding hydrogens is 504 g/mol. The standard InChI is InChI=1S/C30H26N8O2/c1-36-14-22(13-33-36)20-9-24(29-21(10-31)12-34-38(29)15-20)18-3-6-23(7-4-18)37-16-25-26(17-37)28(25)35-30(39)19-5-8-27(40-2)32-11-19/h3-9,11-15,25-26,28H,16-17H2,1-2H3,(H,35,39)/t25-,26+,28?. The SMILES string of the molecule is COc1ccc(C(=O)NC2[C@H]3CN(c4ccc(-c5cc(-c6cnn(C)c6)cn6ncc(C#N)c56)cc4)C[C@@H]23)cn1. The Hall–Kier alpha value is -5.17. The molecule has 1 aliphatic heterocycles. The molecule has 1 amide bonds. The molecule has 198 valence electrons. The number of aromatic nitrogens is 5. The van der Waals surface area contributed by atoms with Gasteiger partial charge in [-0.25, -0.2) is 9.50 Å². The number of amides is 1. The second-order valence-corrected chi connectivity index (χ2v) is 10.4. The minimum Gasteiger partial charge on any atom is -0.481 e. The number of aryl methyl sites for hydroxylation is 1. The quantitative estimate of drug-likeness (QED) is 0.357. The second kappa shape index (κ2) is 9.24. The van der Waals surface area contributed by atoms with Gasteiger partial charge >= 0.3 is 0 Å². The van der Waals surface area contributed by atoms with Gasteiger partial charge in [0.05, 0.1) is 36.1 Å². The molecule has 1 saturated carbocycles. The van der Waals surface area contributed by atoms with E-state index in [1.165, 1.54) is 0 Å². The first kappa shape index (κ1) is 23.9. The first-order valence-corrected chi connectivity index (χ1v) is 13.1. The molecule has 2 fully saturated rings. The van der Waals surface area contributed by atoms with E-state index in [1.54, 1.807) is 40.8 Å². The van der Waals surface area contributed by atoms with Crippen LogP contribution in [0.25, 0.3) is 27.8 Å². The third-order valence-electron chi connectivity index (χ3n) is 8.01. The highest BCUT2D eigenvalue weighted by Crippen LogP contribution is 2.47. The molecule has 5 aromatic rings. The van der Waals surface area contributed by atoms with Crippen molar-refractivity contribution in [2.24, 2.45) is 18.9 Å². The molecule has 2 aliphatic rings. The number of methoxy groups -OCH3 is 1. The molecule has 40 heavy (non-hydrogen) atoms. The van der Waals surface area contributed by atoms with Crippen molar-refractivity contribution in [1.82, 2.24) is 29.7 Å². The number of carbonyl (C=O) groups is 1. The fourth-order valence-electron chi connectivity index (χ4n) is 5.82. The second-order valence-electron chi connectivity index (χ2n) is 10.4. The molecule has 1 N–H and O–H groups in total. The van der Waals surface area contributed by atoms with Crippen molar-refractivity contribution in [3.05, 3.63) is 84.6 Å². The summed E-state index contributed by atoms with van der Waals surface area (Å²) in [6, 6.07) is 16.5. The summed E-state index contributed by atoms with van der Waals surface area (Å²) >= 11 is 0. The number of nitrogens with zero attached hydrogens (tertiary/aromatic N) is 7. The summed E-state index contributed by atoms with van der Waals surface area (Å²) in [5, 5.41) is 21.6. The molecular formula is C30H26N8O2. The van der Waals surface area contributed by atoms with Crippen molar-refractivity contribution in [1.29, 1.82) is 5.26 Å². The Morgan fingerprint density at radius 3 is 2.45 bits per heavy atom. The summed E-state index contributed by atoms with van der Waals surface area (Å²) in [7, 11) is 3.44. The minimum atomic E-state index is -0.0955. The van der Waals surface area contributed by atoms with E-state index in [0.717, 1.165) is 46.5 Å². The Kier molecular flexibility index (Phi) is 5.52. The normalized spacial score (nSPS) is 19.3. The van der Waals surface area contributed by atoms with E-state index in [-0.39, 0.29) is 11.9 Å². The van der Waals surface area contributed by atoms with Crippen LogP contribution in [0.3, 0.4) is 0 Å². The van der Waals surface area contributed by atoms with Gasteiger partial charge in [0, 0.05) is 85.0 Å². The van der Waals surface area contributed by atoms with Gasteiger partial charge in [0.2, 0.25) is 5.88 Å². The van der Waals surface area contributed by atoms with Crippen LogP contribution in [-0.2, 0) is 7.05 Å². The number of anilines is 1. The molecule has 0 spiro atoms. The number of piperidine rings is 1. The highest BCUT2D eigenvalue weighted by molar-refractivity contribution is 5.94. The lowest BCUT2D eigenvalue weighted by molar-refractivity contribution is 0.0946. The minimum absolute atomic E-state index is 0.0955. The number of benzene rings is 1. The maximum absolute atomic E-state index is 12.6. The van der Waals surface area contributed by atoms with Crippen LogP contribution in [0.2, 0.25) is 0 Å². The van der Waals surface area contributed by atoms with E-state index in [4.69, 9.17) is 4.74 Å². The highest BCUT2D eigenvalue weighted by atomic mass is 16.5. The zero-order valence-corrected chi connectivity index (χ0v) is 22.0. The lowest BCUT2D eigenvalue weighted by atomic mass is 10.00. The summed E-state index contributed by atoms with van der Waals surface area (Å²) in [5.74, 6) is 1.27. The Morgan fingerprint density at radius 1 is 1.00 bits per heavy atom. The number of nitrogens with one attached hydrogen (secondary N) is 1. The van der Waals surface area contributed by atoms with Gasteiger partial charge in [-0.2, -0.15) is 15.5 Å². The fourth-order valence-corrected chi connectivity index (χ4v) is 5.82. The summed E-state index contributed by atoms with van der Waals surface area (Å²) in [4.78, 5) is 19.1. The summed E-state index contributed by atoms with van der Waals surface area (Å²) in [6.45, 7) is 1.80. The first-order valence-electron chi connectivity index (χ1n) is 13.1. The van der Waals surface area contributed by atoms with E-state index >= 15 is 0 Å². The average Bonchev–Trinajstić information content (AvgIpc) is 3.44. The monoisotopic (exact) mass is 530 g/mol. The van der Waals surface area contributed by atoms with Crippen molar-refractivity contribution < 1.29 is 9.53 Å². The third kappa shape index (κ3) is 4.03. The maximum atomic E-state index is 12.6. The van der Waals surface area contributed by atoms with Crippen LogP contribution in [0.1, 0.15) is 15.9 Å². The molecule has 1 aromatic carbocycles. The first-order chi connectivity index (χ1) is 19.5. The molecule has 1 saturated heterocycles. The largest absolute Gasteiger partial charge is 0.481 e. The molecule has 4 aromatic heterocycles. The Morgan fingerprint density at radius 2 is 1.80 bits per heavy atom. The maximum Gasteiger partial charge on any atom is 0.253 e. The molecule has 7 rings (SSSR count). The van der Waals surface area contributed by atoms with Crippen molar-refractivity contribution in [2.45, 2.75) is 6.04 Å². The molecule has 5 heterocycles. The Labute approximate surface area is 230 Å². The fraction of sp³-hybridized carbons (Fsp3) is 0.233. The van der Waals surface area contributed by atoms with Crippen LogP contribution in [0.15, 0.2) is 73.4 Å². The van der Waals surface area contributed by atoms with Gasteiger partial charge in [0.15, 0.2) is 0 Å². The molecule has 0 radical (unpaired) electrons. The van der Waals surface area contributed by atoms with Crippen molar-refractivity contribution in [2.75, 3.05) is 25.1 Å². The topological polar surface area (TPSA) is 113 Å². The van der Waals surface area contributed by atoms with Gasteiger partial charge in [-0.3, -0.25) is 9.48 Å². The van der Waals surface area contributed by atoms with E-state index < -0.39 is 0 Å². The number of hydrogen-bond acceptors (Lipinski definition) is 7. The number of hydrogen-bond donors (Lipinski definition) is 1. The van der Waals surface area contributed by atoms with Gasteiger partial charge in [-0.05, 0) is 29.8 Å². The Bertz CT molecular complexity index is 1770. The number of carbonyl (C=O) groups excluding carboxylic acids is 1. The van der Waals surface area contributed by atoms with Crippen LogP contribution in [-0.4, -0.2) is 56.5 Å². The third-order valence-corrected chi connectivity index (χ3v) is 8.01. The lowest BCUT2D eigenvalue weighted by Crippen LogP contribution is -2.34. The number of nitriles is 1. The summed E-state index contributed by atoms with van der Waals surface area (Å²) in [5.41, 5.74) is 6.93. The van der Waals surface area contributed by atoms with Crippen LogP contribution >= 0.6 is 0 Å². The van der Waals surface area contributed by atoms with Gasteiger partial charge in [0.1, 0.15) is 6.07 Å². The average molecular weight is 531 g/mol. The molecule has 10 heteroatoms. The van der Waals surface area contributed by atoms with E-state index in [1.807, 2.05) is 25.6 Å². The zero-order chi connectivity index (χ0) is 27.4. The van der Waals surface area contributed by atoms with Gasteiger partial charge in [-0.15, -0.1) is 0 Å². The molecule has 10 nitrogen and oxygen atoms in total. The number of fused-ring (bicyclic) bond motifs is 2. The molecule has 1 unspecified atom stereocenters. The van der Waals surface area contributed by atoms with Gasteiger partial charge in [0.25, 0.3) is 5.91 Å². The van der Waals surface area contributed by atoms with Crippen LogP contribution in [0, 0.1) is 23.2 Å². The van der Waals surface area contributed by atoms with Crippen molar-refractivity contribution in [3.8, 4) is 34.2 Å². The molecule has 3 atom stereocenters. The Balaban J connectivity index is 1.08. The van der Waals surface area contributed by atoms with Crippen LogP contribution < -0.4 is 15.0 Å². The van der Waals surface area contributed by atoms with Crippen molar-refractivity contribution >= 4 is 17.1 Å². The van der Waals surface area contributed by atoms with Crippen molar-refractivity contribution in [3.63, 3.8) is 0 Å². The summed E-state index contributed by atoms with van der Waals surface area (Å²) < 4.78 is 8.61. The number of rotatable bonds is 6. The van der Waals surface area contributed by atoms with Crippen LogP contribution in [0.4, 0.5) is 5.69 Å². The smallest absolute Gasteiger partial charge is 0.253 e. The number of pyridine rings is 2. The number of ether oxygens (including phenoxy) is 1. The van der Waals surface area contributed by atoms with E-state index in [2.05, 4.69) is 61.8 Å². The van der Waals surface area contributed by atoms with Gasteiger partial charge in [-0.1, -0.05) is 12.1 Å². The van der Waals surface area contributed by atoms with Crippen LogP contribution in [0.5, 0.6) is 5.88 Å². The van der Waals surface area contributed by atoms with Gasteiger partial charge < -0.3 is 15.0 Å². The predicted molar refractivity (Wildman–Crippen MR) is 149 cm³/mol. The summed E-state index contributed by atoms with van der Waals surface area (Å²) in [6.07, 6.45) is 8.87. The molecule has 0 bridgehead atoms.